The number of para-hydroxylation sites is 2. The summed E-state index contributed by atoms with van der Waals surface area (Å²) in [7, 11) is 1.53. The van der Waals surface area contributed by atoms with Gasteiger partial charge >= 0.3 is 6.03 Å². The van der Waals surface area contributed by atoms with E-state index in [4.69, 9.17) is 21.1 Å². The van der Waals surface area contributed by atoms with Gasteiger partial charge in [0.15, 0.2) is 18.2 Å². The first-order chi connectivity index (χ1) is 10.6. The Hall–Kier alpha value is -2.60. The maximum absolute atomic E-state index is 11.7. The van der Waals surface area contributed by atoms with Crippen molar-refractivity contribution in [1.82, 2.24) is 5.32 Å². The molecule has 0 aliphatic heterocycles. The second-order valence-electron chi connectivity index (χ2n) is 4.23. The van der Waals surface area contributed by atoms with Gasteiger partial charge in [-0.15, -0.1) is 0 Å². The predicted octanol–water partition coefficient (Wildman–Crippen LogP) is 3.21. The lowest BCUT2D eigenvalue weighted by molar-refractivity contribution is 0.231. The smallest absolute Gasteiger partial charge is 0.321 e. The number of phenolic OH excluding ortho intramolecular Hbond substituents is 1. The number of ether oxygens (including phenoxy) is 2. The van der Waals surface area contributed by atoms with Crippen LogP contribution < -0.4 is 20.1 Å². The number of hydrogen-bond donors (Lipinski definition) is 3. The van der Waals surface area contributed by atoms with E-state index >= 15 is 0 Å². The monoisotopic (exact) mass is 322 g/mol. The highest BCUT2D eigenvalue weighted by atomic mass is 35.5. The van der Waals surface area contributed by atoms with Crippen LogP contribution in [0, 0.1) is 0 Å². The number of anilines is 1. The van der Waals surface area contributed by atoms with Gasteiger partial charge in [-0.1, -0.05) is 23.7 Å². The number of carbonyl (C=O) groups is 1. The third-order valence-electron chi connectivity index (χ3n) is 2.74. The molecule has 2 aromatic rings. The van der Waals surface area contributed by atoms with Gasteiger partial charge in [0.25, 0.3) is 0 Å². The molecular formula is C15H15ClN2O4. The van der Waals surface area contributed by atoms with Gasteiger partial charge in [-0.05, 0) is 30.3 Å². The molecule has 0 unspecified atom stereocenters. The summed E-state index contributed by atoms with van der Waals surface area (Å²) in [5.74, 6) is 0.998. The summed E-state index contributed by atoms with van der Waals surface area (Å²) >= 11 is 5.80. The Labute approximate surface area is 132 Å². The number of urea groups is 1. The van der Waals surface area contributed by atoms with E-state index in [9.17, 15) is 9.90 Å². The van der Waals surface area contributed by atoms with E-state index in [1.807, 2.05) is 6.07 Å². The Morgan fingerprint density at radius 1 is 1.23 bits per heavy atom. The zero-order valence-electron chi connectivity index (χ0n) is 11.8. The molecule has 0 aromatic heterocycles. The number of aromatic hydroxyl groups is 1. The number of halogens is 1. The van der Waals surface area contributed by atoms with E-state index in [2.05, 4.69) is 10.6 Å². The predicted molar refractivity (Wildman–Crippen MR) is 83.8 cm³/mol. The van der Waals surface area contributed by atoms with Gasteiger partial charge in [0.1, 0.15) is 5.75 Å². The normalized spacial score (nSPS) is 9.91. The summed E-state index contributed by atoms with van der Waals surface area (Å²) in [4.78, 5) is 11.7. The minimum atomic E-state index is -0.535. The van der Waals surface area contributed by atoms with Crippen LogP contribution in [-0.2, 0) is 0 Å². The van der Waals surface area contributed by atoms with E-state index in [0.717, 1.165) is 0 Å². The van der Waals surface area contributed by atoms with E-state index in [1.165, 1.54) is 25.3 Å². The van der Waals surface area contributed by atoms with Crippen LogP contribution in [0.1, 0.15) is 0 Å². The minimum absolute atomic E-state index is 0.0620. The lowest BCUT2D eigenvalue weighted by atomic mass is 10.3. The van der Waals surface area contributed by atoms with Crippen LogP contribution in [0.4, 0.5) is 10.5 Å². The number of methoxy groups -OCH3 is 1. The molecule has 0 spiro atoms. The molecule has 0 atom stereocenters. The Morgan fingerprint density at radius 2 is 1.95 bits per heavy atom. The number of benzene rings is 2. The van der Waals surface area contributed by atoms with E-state index < -0.39 is 6.03 Å². The van der Waals surface area contributed by atoms with Gasteiger partial charge < -0.3 is 25.2 Å². The Balaban J connectivity index is 1.87. The van der Waals surface area contributed by atoms with Crippen molar-refractivity contribution in [3.63, 3.8) is 0 Å². The number of nitrogens with one attached hydrogen (secondary N) is 2. The lowest BCUT2D eigenvalue weighted by Crippen LogP contribution is -2.32. The average molecular weight is 323 g/mol. The summed E-state index contributed by atoms with van der Waals surface area (Å²) in [6.45, 7) is -0.0620. The first kappa shape index (κ1) is 15.8. The van der Waals surface area contributed by atoms with Crippen molar-refractivity contribution < 1.29 is 19.4 Å². The van der Waals surface area contributed by atoms with Crippen LogP contribution in [0.3, 0.4) is 0 Å². The molecule has 0 fully saturated rings. The highest BCUT2D eigenvalue weighted by molar-refractivity contribution is 6.31. The Morgan fingerprint density at radius 3 is 2.68 bits per heavy atom. The maximum atomic E-state index is 11.7. The summed E-state index contributed by atoms with van der Waals surface area (Å²) in [5, 5.41) is 15.0. The van der Waals surface area contributed by atoms with Crippen molar-refractivity contribution in [3.8, 4) is 17.2 Å². The number of amides is 2. The molecule has 0 saturated carbocycles. The van der Waals surface area contributed by atoms with Gasteiger partial charge in [0, 0.05) is 5.02 Å². The number of phenols is 1. The van der Waals surface area contributed by atoms with Crippen molar-refractivity contribution >= 4 is 23.3 Å². The van der Waals surface area contributed by atoms with Gasteiger partial charge in [0.2, 0.25) is 0 Å². The molecule has 7 heteroatoms. The van der Waals surface area contributed by atoms with Crippen molar-refractivity contribution in [3.05, 3.63) is 47.5 Å². The van der Waals surface area contributed by atoms with E-state index in [1.54, 1.807) is 18.2 Å². The van der Waals surface area contributed by atoms with Crippen molar-refractivity contribution in [2.45, 2.75) is 0 Å². The SMILES string of the molecule is COc1ccccc1OCNC(=O)Nc1cc(Cl)ccc1O. The molecule has 116 valence electrons. The molecule has 2 rings (SSSR count). The molecule has 0 aliphatic carbocycles. The third kappa shape index (κ3) is 4.20. The highest BCUT2D eigenvalue weighted by Gasteiger charge is 2.07. The van der Waals surface area contributed by atoms with Crippen LogP contribution in [0.15, 0.2) is 42.5 Å². The van der Waals surface area contributed by atoms with Crippen LogP contribution in [0.25, 0.3) is 0 Å². The molecule has 6 nitrogen and oxygen atoms in total. The zero-order chi connectivity index (χ0) is 15.9. The maximum Gasteiger partial charge on any atom is 0.321 e. The second kappa shape index (κ2) is 7.42. The quantitative estimate of drug-likeness (QED) is 0.583. The van der Waals surface area contributed by atoms with Crippen LogP contribution in [0.2, 0.25) is 5.02 Å². The highest BCUT2D eigenvalue weighted by Crippen LogP contribution is 2.27. The molecular weight excluding hydrogens is 308 g/mol. The van der Waals surface area contributed by atoms with E-state index in [-0.39, 0.29) is 18.2 Å². The second-order valence-corrected chi connectivity index (χ2v) is 4.67. The molecule has 3 N–H and O–H groups in total. The third-order valence-corrected chi connectivity index (χ3v) is 2.97. The van der Waals surface area contributed by atoms with Crippen molar-refractivity contribution in [1.29, 1.82) is 0 Å². The standard InChI is InChI=1S/C15H15ClN2O4/c1-21-13-4-2-3-5-14(13)22-9-17-15(20)18-11-8-10(16)6-7-12(11)19/h2-8,19H,9H2,1H3,(H2,17,18,20). The van der Waals surface area contributed by atoms with Crippen molar-refractivity contribution in [2.24, 2.45) is 0 Å². The molecule has 0 bridgehead atoms. The average Bonchev–Trinajstić information content (AvgIpc) is 2.51. The largest absolute Gasteiger partial charge is 0.506 e. The molecule has 0 radical (unpaired) electrons. The van der Waals surface area contributed by atoms with Gasteiger partial charge in [0.05, 0.1) is 12.8 Å². The molecule has 0 heterocycles. The number of carbonyl (C=O) groups excluding carboxylic acids is 1. The molecule has 2 aromatic carbocycles. The van der Waals surface area contributed by atoms with Crippen LogP contribution >= 0.6 is 11.6 Å². The lowest BCUT2D eigenvalue weighted by Gasteiger charge is -2.12. The summed E-state index contributed by atoms with van der Waals surface area (Å²) in [6.07, 6.45) is 0. The first-order valence-corrected chi connectivity index (χ1v) is 6.77. The van der Waals surface area contributed by atoms with E-state index in [0.29, 0.717) is 16.5 Å². The first-order valence-electron chi connectivity index (χ1n) is 6.39. The fraction of sp³-hybridized carbons (Fsp3) is 0.133. The van der Waals surface area contributed by atoms with Crippen LogP contribution in [0.5, 0.6) is 17.2 Å². The molecule has 2 amide bonds. The van der Waals surface area contributed by atoms with Gasteiger partial charge in [-0.2, -0.15) is 0 Å². The topological polar surface area (TPSA) is 79.8 Å². The fourth-order valence-electron chi connectivity index (χ4n) is 1.69. The summed E-state index contributed by atoms with van der Waals surface area (Å²) < 4.78 is 10.5. The molecule has 0 aliphatic rings. The summed E-state index contributed by atoms with van der Waals surface area (Å²) in [6, 6.07) is 10.9. The Bertz CT molecular complexity index is 664. The van der Waals surface area contributed by atoms with Crippen LogP contribution in [-0.4, -0.2) is 25.0 Å². The summed E-state index contributed by atoms with van der Waals surface area (Å²) in [5.41, 5.74) is 0.210. The molecule has 22 heavy (non-hydrogen) atoms. The fourth-order valence-corrected chi connectivity index (χ4v) is 1.86. The Kier molecular flexibility index (Phi) is 5.32. The number of rotatable bonds is 5. The molecule has 0 saturated heterocycles. The van der Waals surface area contributed by atoms with Crippen molar-refractivity contribution in [2.75, 3.05) is 19.2 Å². The van der Waals surface area contributed by atoms with Gasteiger partial charge in [-0.3, -0.25) is 0 Å². The number of hydrogen-bond acceptors (Lipinski definition) is 4. The van der Waals surface area contributed by atoms with Gasteiger partial charge in [-0.25, -0.2) is 4.79 Å². The minimum Gasteiger partial charge on any atom is -0.506 e. The zero-order valence-corrected chi connectivity index (χ0v) is 12.6.